The third-order valence-electron chi connectivity index (χ3n) is 3.47. The number of aryl methyl sites for hydroxylation is 2. The van der Waals surface area contributed by atoms with E-state index in [0.29, 0.717) is 24.5 Å². The zero-order chi connectivity index (χ0) is 19.9. The quantitative estimate of drug-likeness (QED) is 0.521. The molecule has 0 radical (unpaired) electrons. The first-order valence-corrected chi connectivity index (χ1v) is 8.53. The number of hydrogen-bond donors (Lipinski definition) is 0. The lowest BCUT2D eigenvalue weighted by molar-refractivity contribution is 0.0412. The van der Waals surface area contributed by atoms with Gasteiger partial charge in [0, 0.05) is 12.8 Å². The molecule has 28 heavy (non-hydrogen) atoms. The predicted molar refractivity (Wildman–Crippen MR) is 89.8 cm³/mol. The van der Waals surface area contributed by atoms with Crippen molar-refractivity contribution in [1.29, 1.82) is 0 Å². The van der Waals surface area contributed by atoms with E-state index < -0.39 is 11.9 Å². The van der Waals surface area contributed by atoms with Crippen molar-refractivity contribution in [3.8, 4) is 0 Å². The van der Waals surface area contributed by atoms with Crippen LogP contribution in [0.4, 0.5) is 0 Å². The van der Waals surface area contributed by atoms with Gasteiger partial charge in [0.15, 0.2) is 24.9 Å². The molecule has 0 atom stereocenters. The SMILES string of the molecule is CCc1noc(COC(=O)c2cccc(C(=O)OCc3nc(CC)no3)n2)n1. The largest absolute Gasteiger partial charge is 0.451 e. The zero-order valence-corrected chi connectivity index (χ0v) is 15.2. The van der Waals surface area contributed by atoms with Gasteiger partial charge in [-0.05, 0) is 12.1 Å². The summed E-state index contributed by atoms with van der Waals surface area (Å²) in [6.45, 7) is 3.35. The molecule has 0 aliphatic rings. The first-order valence-electron chi connectivity index (χ1n) is 8.53. The summed E-state index contributed by atoms with van der Waals surface area (Å²) in [7, 11) is 0. The third kappa shape index (κ3) is 4.75. The summed E-state index contributed by atoms with van der Waals surface area (Å²) >= 11 is 0. The summed E-state index contributed by atoms with van der Waals surface area (Å²) in [5.74, 6) is -0.105. The first kappa shape index (κ1) is 19.1. The van der Waals surface area contributed by atoms with E-state index in [2.05, 4.69) is 25.3 Å². The molecule has 3 rings (SSSR count). The summed E-state index contributed by atoms with van der Waals surface area (Å²) < 4.78 is 20.0. The van der Waals surface area contributed by atoms with E-state index in [1.807, 2.05) is 13.8 Å². The lowest BCUT2D eigenvalue weighted by Gasteiger charge is -2.04. The van der Waals surface area contributed by atoms with Crippen molar-refractivity contribution < 1.29 is 28.1 Å². The van der Waals surface area contributed by atoms with Crippen LogP contribution in [0.25, 0.3) is 0 Å². The van der Waals surface area contributed by atoms with Crippen molar-refractivity contribution in [3.63, 3.8) is 0 Å². The smallest absolute Gasteiger partial charge is 0.357 e. The Morgan fingerprint density at radius 2 is 1.29 bits per heavy atom. The molecule has 0 unspecified atom stereocenters. The topological polar surface area (TPSA) is 143 Å². The maximum absolute atomic E-state index is 12.1. The molecule has 11 nitrogen and oxygen atoms in total. The van der Waals surface area contributed by atoms with Crippen molar-refractivity contribution in [3.05, 3.63) is 53.0 Å². The van der Waals surface area contributed by atoms with Crippen LogP contribution in [0.5, 0.6) is 0 Å². The molecule has 0 bridgehead atoms. The van der Waals surface area contributed by atoms with Crippen LogP contribution < -0.4 is 0 Å². The summed E-state index contributed by atoms with van der Waals surface area (Å²) in [6.07, 6.45) is 1.21. The van der Waals surface area contributed by atoms with Gasteiger partial charge in [-0.2, -0.15) is 9.97 Å². The van der Waals surface area contributed by atoms with Gasteiger partial charge in [0.05, 0.1) is 0 Å². The van der Waals surface area contributed by atoms with Gasteiger partial charge >= 0.3 is 11.9 Å². The Morgan fingerprint density at radius 3 is 1.68 bits per heavy atom. The zero-order valence-electron chi connectivity index (χ0n) is 15.2. The van der Waals surface area contributed by atoms with E-state index in [-0.39, 0.29) is 36.4 Å². The van der Waals surface area contributed by atoms with E-state index in [1.54, 1.807) is 0 Å². The highest BCUT2D eigenvalue weighted by atomic mass is 16.6. The molecule has 0 N–H and O–H groups in total. The van der Waals surface area contributed by atoms with Crippen molar-refractivity contribution in [2.75, 3.05) is 0 Å². The van der Waals surface area contributed by atoms with Crippen LogP contribution in [-0.4, -0.2) is 37.2 Å². The average molecular weight is 387 g/mol. The third-order valence-corrected chi connectivity index (χ3v) is 3.47. The van der Waals surface area contributed by atoms with Crippen LogP contribution in [0.1, 0.15) is 58.3 Å². The van der Waals surface area contributed by atoms with Gasteiger partial charge < -0.3 is 18.5 Å². The second-order valence-electron chi connectivity index (χ2n) is 5.48. The van der Waals surface area contributed by atoms with Gasteiger partial charge in [-0.1, -0.05) is 30.2 Å². The van der Waals surface area contributed by atoms with Gasteiger partial charge in [-0.15, -0.1) is 0 Å². The number of nitrogens with zero attached hydrogens (tertiary/aromatic N) is 5. The van der Waals surface area contributed by atoms with Crippen molar-refractivity contribution in [2.24, 2.45) is 0 Å². The van der Waals surface area contributed by atoms with Crippen molar-refractivity contribution in [1.82, 2.24) is 25.3 Å². The van der Waals surface area contributed by atoms with Crippen molar-refractivity contribution >= 4 is 11.9 Å². The maximum atomic E-state index is 12.1. The summed E-state index contributed by atoms with van der Waals surface area (Å²) in [5.41, 5.74) is -0.119. The van der Waals surface area contributed by atoms with E-state index >= 15 is 0 Å². The molecule has 0 saturated heterocycles. The number of hydrogen-bond acceptors (Lipinski definition) is 11. The summed E-state index contributed by atoms with van der Waals surface area (Å²) in [5, 5.41) is 7.41. The molecule has 0 amide bonds. The van der Waals surface area contributed by atoms with Crippen LogP contribution in [-0.2, 0) is 35.5 Å². The molecule has 0 aliphatic heterocycles. The number of carbonyl (C=O) groups is 2. The highest BCUT2D eigenvalue weighted by Gasteiger charge is 2.17. The lowest BCUT2D eigenvalue weighted by atomic mass is 10.3. The molecule has 0 saturated carbocycles. The molecule has 0 fully saturated rings. The molecule has 0 spiro atoms. The Balaban J connectivity index is 1.57. The fourth-order valence-electron chi connectivity index (χ4n) is 2.05. The van der Waals surface area contributed by atoms with E-state index in [1.165, 1.54) is 18.2 Å². The molecule has 3 aromatic rings. The molecule has 0 aromatic carbocycles. The van der Waals surface area contributed by atoms with Crippen molar-refractivity contribution in [2.45, 2.75) is 39.9 Å². The number of rotatable bonds is 8. The van der Waals surface area contributed by atoms with Gasteiger partial charge in [0.2, 0.25) is 0 Å². The summed E-state index contributed by atoms with van der Waals surface area (Å²) in [6, 6.07) is 4.32. The Hall–Kier alpha value is -3.63. The highest BCUT2D eigenvalue weighted by Crippen LogP contribution is 2.08. The van der Waals surface area contributed by atoms with Crippen LogP contribution in [0.2, 0.25) is 0 Å². The molecule has 3 aromatic heterocycles. The van der Waals surface area contributed by atoms with Gasteiger partial charge in [-0.3, -0.25) is 0 Å². The van der Waals surface area contributed by atoms with E-state index in [9.17, 15) is 9.59 Å². The maximum Gasteiger partial charge on any atom is 0.357 e. The fourth-order valence-corrected chi connectivity index (χ4v) is 2.05. The van der Waals surface area contributed by atoms with Crippen LogP contribution in [0.15, 0.2) is 27.2 Å². The molecule has 11 heteroatoms. The normalized spacial score (nSPS) is 10.6. The fraction of sp³-hybridized carbons (Fsp3) is 0.353. The Kier molecular flexibility index (Phi) is 6.04. The molecular weight excluding hydrogens is 370 g/mol. The highest BCUT2D eigenvalue weighted by molar-refractivity contribution is 5.91. The minimum absolute atomic E-state index is 0.0595. The predicted octanol–water partition coefficient (Wildman–Crippen LogP) is 1.69. The lowest BCUT2D eigenvalue weighted by Crippen LogP contribution is -2.13. The van der Waals surface area contributed by atoms with Crippen LogP contribution in [0, 0.1) is 0 Å². The second-order valence-corrected chi connectivity index (χ2v) is 5.48. The number of ether oxygens (including phenoxy) is 2. The number of carbonyl (C=O) groups excluding carboxylic acids is 2. The Labute approximate surface area is 159 Å². The number of aromatic nitrogens is 5. The van der Waals surface area contributed by atoms with Gasteiger partial charge in [0.25, 0.3) is 11.8 Å². The molecule has 0 aliphatic carbocycles. The molecule has 146 valence electrons. The first-order chi connectivity index (χ1) is 13.6. The summed E-state index contributed by atoms with van der Waals surface area (Å²) in [4.78, 5) is 36.3. The van der Waals surface area contributed by atoms with Gasteiger partial charge in [0.1, 0.15) is 11.4 Å². The van der Waals surface area contributed by atoms with Crippen LogP contribution >= 0.6 is 0 Å². The van der Waals surface area contributed by atoms with E-state index in [0.717, 1.165) is 0 Å². The number of esters is 2. The average Bonchev–Trinajstić information content (AvgIpc) is 3.39. The monoisotopic (exact) mass is 387 g/mol. The Bertz CT molecular complexity index is 893. The number of pyridine rings is 1. The Morgan fingerprint density at radius 1 is 0.821 bits per heavy atom. The minimum Gasteiger partial charge on any atom is -0.451 e. The molecule has 3 heterocycles. The van der Waals surface area contributed by atoms with Crippen LogP contribution in [0.3, 0.4) is 0 Å². The standard InChI is InChI=1S/C17H17N5O6/c1-3-12-19-14(27-21-12)8-25-16(23)10-6-5-7-11(18-10)17(24)26-9-15-20-13(4-2)22-28-15/h5-7H,3-4,8-9H2,1-2H3. The van der Waals surface area contributed by atoms with E-state index in [4.69, 9.17) is 18.5 Å². The second kappa shape index (κ2) is 8.84. The van der Waals surface area contributed by atoms with Gasteiger partial charge in [-0.25, -0.2) is 14.6 Å². The molecular formula is C17H17N5O6. The minimum atomic E-state index is -0.740.